The van der Waals surface area contributed by atoms with Crippen molar-refractivity contribution < 1.29 is 4.74 Å². The summed E-state index contributed by atoms with van der Waals surface area (Å²) < 4.78 is 6.90. The third kappa shape index (κ3) is 2.76. The molecule has 3 aromatic rings. The minimum atomic E-state index is 0.282. The Morgan fingerprint density at radius 2 is 2.08 bits per heavy atom. The molecule has 0 spiro atoms. The van der Waals surface area contributed by atoms with Crippen molar-refractivity contribution in [1.29, 1.82) is 0 Å². The van der Waals surface area contributed by atoms with Crippen LogP contribution in [0, 0.1) is 0 Å². The molecule has 2 fully saturated rings. The minimum Gasteiger partial charge on any atom is -0.497 e. The van der Waals surface area contributed by atoms with Crippen LogP contribution in [0.3, 0.4) is 0 Å². The third-order valence-corrected chi connectivity index (χ3v) is 5.29. The second-order valence-corrected chi connectivity index (χ2v) is 6.98. The molecule has 1 saturated carbocycles. The average molecular weight is 351 g/mol. The number of aromatic nitrogens is 5. The summed E-state index contributed by atoms with van der Waals surface area (Å²) in [4.78, 5) is 2.63. The van der Waals surface area contributed by atoms with Crippen LogP contribution in [0.4, 0.5) is 5.82 Å². The molecule has 2 unspecified atom stereocenters. The van der Waals surface area contributed by atoms with Gasteiger partial charge in [-0.25, -0.2) is 0 Å². The van der Waals surface area contributed by atoms with E-state index in [2.05, 4.69) is 49.0 Å². The maximum Gasteiger partial charge on any atom is 0.200 e. The van der Waals surface area contributed by atoms with E-state index in [1.54, 1.807) is 7.11 Å². The summed E-state index contributed by atoms with van der Waals surface area (Å²) in [6.45, 7) is 1.09. The van der Waals surface area contributed by atoms with Crippen LogP contribution in [0.2, 0.25) is 0 Å². The van der Waals surface area contributed by atoms with Gasteiger partial charge in [-0.3, -0.25) is 4.90 Å². The number of methoxy groups -OCH3 is 1. The molecule has 8 nitrogen and oxygen atoms in total. The first-order valence-corrected chi connectivity index (χ1v) is 9.03. The summed E-state index contributed by atoms with van der Waals surface area (Å²) in [5, 5.41) is 19.5. The van der Waals surface area contributed by atoms with Gasteiger partial charge in [0.2, 0.25) is 0 Å². The van der Waals surface area contributed by atoms with Gasteiger partial charge >= 0.3 is 0 Å². The first-order chi connectivity index (χ1) is 12.8. The predicted octanol–water partition coefficient (Wildman–Crippen LogP) is 1.92. The fourth-order valence-corrected chi connectivity index (χ4v) is 3.95. The Morgan fingerprint density at radius 1 is 1.15 bits per heavy atom. The van der Waals surface area contributed by atoms with Crippen LogP contribution in [0.1, 0.15) is 30.9 Å². The lowest BCUT2D eigenvalue weighted by Crippen LogP contribution is -2.33. The maximum atomic E-state index is 5.44. The van der Waals surface area contributed by atoms with E-state index in [0.717, 1.165) is 24.5 Å². The molecule has 1 aliphatic heterocycles. The second-order valence-electron chi connectivity index (χ2n) is 6.98. The molecule has 2 atom stereocenters. The van der Waals surface area contributed by atoms with Gasteiger partial charge in [-0.1, -0.05) is 12.1 Å². The molecule has 1 aromatic carbocycles. The van der Waals surface area contributed by atoms with Crippen molar-refractivity contribution in [2.45, 2.75) is 37.4 Å². The molecule has 0 radical (unpaired) electrons. The van der Waals surface area contributed by atoms with Gasteiger partial charge in [0.1, 0.15) is 11.6 Å². The molecular weight excluding hydrogens is 330 g/mol. The third-order valence-electron chi connectivity index (χ3n) is 5.29. The number of nitrogens with zero attached hydrogens (tertiary/aromatic N) is 6. The van der Waals surface area contributed by atoms with Gasteiger partial charge in [0.15, 0.2) is 5.65 Å². The molecule has 3 heterocycles. The summed E-state index contributed by atoms with van der Waals surface area (Å²) in [7, 11) is 1.72. The number of hydrogen-bond donors (Lipinski definition) is 1. The highest BCUT2D eigenvalue weighted by Crippen LogP contribution is 2.42. The molecule has 1 saturated heterocycles. The summed E-state index contributed by atoms with van der Waals surface area (Å²) in [5.41, 5.74) is 1.93. The smallest absolute Gasteiger partial charge is 0.200 e. The number of rotatable bonds is 5. The quantitative estimate of drug-likeness (QED) is 0.752. The Bertz CT molecular complexity index is 923. The summed E-state index contributed by atoms with van der Waals surface area (Å²) in [6, 6.07) is 13.5. The zero-order valence-corrected chi connectivity index (χ0v) is 14.6. The number of ether oxygens (including phenoxy) is 1. The molecule has 134 valence electrons. The Morgan fingerprint density at radius 3 is 2.92 bits per heavy atom. The van der Waals surface area contributed by atoms with E-state index >= 15 is 0 Å². The van der Waals surface area contributed by atoms with Gasteiger partial charge < -0.3 is 10.1 Å². The molecule has 1 aliphatic carbocycles. The molecule has 26 heavy (non-hydrogen) atoms. The number of likely N-dealkylation sites (tertiary alicyclic amines) is 1. The zero-order valence-electron chi connectivity index (χ0n) is 14.6. The van der Waals surface area contributed by atoms with Crippen molar-refractivity contribution in [2.24, 2.45) is 0 Å². The number of tetrazole rings is 1. The number of benzene rings is 1. The van der Waals surface area contributed by atoms with E-state index < -0.39 is 0 Å². The highest BCUT2D eigenvalue weighted by atomic mass is 16.5. The molecule has 0 bridgehead atoms. The van der Waals surface area contributed by atoms with Crippen LogP contribution >= 0.6 is 0 Å². The van der Waals surface area contributed by atoms with E-state index in [9.17, 15) is 0 Å². The molecular formula is C18H21N7O. The van der Waals surface area contributed by atoms with E-state index in [1.807, 2.05) is 18.2 Å². The molecule has 0 amide bonds. The fourth-order valence-electron chi connectivity index (χ4n) is 3.95. The lowest BCUT2D eigenvalue weighted by molar-refractivity contribution is 0.240. The van der Waals surface area contributed by atoms with Gasteiger partial charge in [-0.15, -0.1) is 14.8 Å². The molecule has 5 rings (SSSR count). The molecule has 2 aliphatic rings. The molecule has 8 heteroatoms. The Hall–Kier alpha value is -2.74. The van der Waals surface area contributed by atoms with Crippen molar-refractivity contribution in [3.05, 3.63) is 42.0 Å². The van der Waals surface area contributed by atoms with Crippen LogP contribution < -0.4 is 10.1 Å². The monoisotopic (exact) mass is 351 g/mol. The summed E-state index contributed by atoms with van der Waals surface area (Å²) in [6.07, 6.45) is 3.66. The van der Waals surface area contributed by atoms with Gasteiger partial charge in [-0.05, 0) is 59.5 Å². The number of anilines is 1. The topological polar surface area (TPSA) is 80.5 Å². The SMILES string of the molecule is COc1cccc(C2C(Nc3ccc4nnnn4n3)CCN2C2CC2)c1. The summed E-state index contributed by atoms with van der Waals surface area (Å²) in [5.74, 6) is 1.69. The lowest BCUT2D eigenvalue weighted by atomic mass is 9.99. The predicted molar refractivity (Wildman–Crippen MR) is 96.1 cm³/mol. The highest BCUT2D eigenvalue weighted by Gasteiger charge is 2.43. The maximum absolute atomic E-state index is 5.44. The minimum absolute atomic E-state index is 0.282. The normalized spacial score (nSPS) is 23.4. The van der Waals surface area contributed by atoms with Crippen molar-refractivity contribution in [1.82, 2.24) is 30.2 Å². The molecule has 1 N–H and O–H groups in total. The first-order valence-electron chi connectivity index (χ1n) is 9.03. The van der Waals surface area contributed by atoms with E-state index in [1.165, 1.54) is 23.0 Å². The van der Waals surface area contributed by atoms with Crippen molar-refractivity contribution in [2.75, 3.05) is 19.0 Å². The van der Waals surface area contributed by atoms with E-state index in [0.29, 0.717) is 17.7 Å². The zero-order chi connectivity index (χ0) is 17.5. The van der Waals surface area contributed by atoms with Crippen LogP contribution in [0.15, 0.2) is 36.4 Å². The Balaban J connectivity index is 1.45. The van der Waals surface area contributed by atoms with Gasteiger partial charge in [0, 0.05) is 18.6 Å². The largest absolute Gasteiger partial charge is 0.497 e. The van der Waals surface area contributed by atoms with E-state index in [-0.39, 0.29) is 6.04 Å². The van der Waals surface area contributed by atoms with Crippen molar-refractivity contribution in [3.8, 4) is 5.75 Å². The van der Waals surface area contributed by atoms with Gasteiger partial charge in [0.05, 0.1) is 13.2 Å². The van der Waals surface area contributed by atoms with Gasteiger partial charge in [0.25, 0.3) is 0 Å². The van der Waals surface area contributed by atoms with Crippen LogP contribution in [-0.2, 0) is 0 Å². The second kappa shape index (κ2) is 6.21. The Kier molecular flexibility index (Phi) is 3.70. The fraction of sp³-hybridized carbons (Fsp3) is 0.444. The van der Waals surface area contributed by atoms with E-state index in [4.69, 9.17) is 4.74 Å². The average Bonchev–Trinajstić information content (AvgIpc) is 3.27. The van der Waals surface area contributed by atoms with Crippen LogP contribution in [0.5, 0.6) is 5.75 Å². The summed E-state index contributed by atoms with van der Waals surface area (Å²) >= 11 is 0. The highest BCUT2D eigenvalue weighted by molar-refractivity contribution is 5.44. The van der Waals surface area contributed by atoms with Crippen molar-refractivity contribution in [3.63, 3.8) is 0 Å². The number of hydrogen-bond acceptors (Lipinski definition) is 7. The Labute approximate surface area is 151 Å². The van der Waals surface area contributed by atoms with Crippen molar-refractivity contribution >= 4 is 11.5 Å². The lowest BCUT2D eigenvalue weighted by Gasteiger charge is -2.29. The first kappa shape index (κ1) is 15.5. The van der Waals surface area contributed by atoms with Crippen LogP contribution in [-0.4, -0.2) is 55.9 Å². The van der Waals surface area contributed by atoms with Crippen LogP contribution in [0.25, 0.3) is 5.65 Å². The molecule has 2 aromatic heterocycles. The van der Waals surface area contributed by atoms with Gasteiger partial charge in [-0.2, -0.15) is 0 Å². The standard InChI is InChI=1S/C18H21N7O/c1-26-14-4-2-3-12(11-14)18-15(9-10-24(18)13-5-6-13)19-16-7-8-17-20-22-23-25(17)21-16/h2-4,7-8,11,13,15,18H,5-6,9-10H2,1H3,(H,19,21). The number of fused-ring (bicyclic) bond motifs is 1. The number of nitrogens with one attached hydrogen (secondary N) is 1.